The molecule has 0 aromatic heterocycles. The van der Waals surface area contributed by atoms with Crippen LogP contribution in [0.1, 0.15) is 59.3 Å². The van der Waals surface area contributed by atoms with Gasteiger partial charge in [0.1, 0.15) is 0 Å². The molecule has 0 saturated carbocycles. The van der Waals surface area contributed by atoms with Crippen molar-refractivity contribution >= 4 is 18.7 Å². The van der Waals surface area contributed by atoms with Crippen LogP contribution in [0.4, 0.5) is 0 Å². The third kappa shape index (κ3) is 6.51. The summed E-state index contributed by atoms with van der Waals surface area (Å²) in [5, 5.41) is 12.0. The maximum absolute atomic E-state index is 12.1. The van der Waals surface area contributed by atoms with Gasteiger partial charge in [0, 0.05) is 6.61 Å². The highest BCUT2D eigenvalue weighted by Crippen LogP contribution is 2.40. The fourth-order valence-corrected chi connectivity index (χ4v) is 7.77. The molecule has 0 radical (unpaired) electrons. The van der Waals surface area contributed by atoms with Crippen LogP contribution in [0.3, 0.4) is 0 Å². The summed E-state index contributed by atoms with van der Waals surface area (Å²) in [6.07, 6.45) is 5.35. The molecular formula is C25H38O3Si. The van der Waals surface area contributed by atoms with Gasteiger partial charge in [-0.15, -0.1) is 0 Å². The molecule has 0 spiro atoms. The first kappa shape index (κ1) is 23.8. The summed E-state index contributed by atoms with van der Waals surface area (Å²) in [6.45, 7) is 7.69. The molecule has 0 saturated heterocycles. The molecule has 0 unspecified atom stereocenters. The Morgan fingerprint density at radius 3 is 1.97 bits per heavy atom. The van der Waals surface area contributed by atoms with Crippen LogP contribution in [0.2, 0.25) is 5.04 Å². The molecular weight excluding hydrogens is 376 g/mol. The Balaban J connectivity index is 2.00. The fourth-order valence-electron chi connectivity index (χ4n) is 3.98. The first-order valence-electron chi connectivity index (χ1n) is 11.0. The highest BCUT2D eigenvalue weighted by atomic mass is 28.4. The second-order valence-electron chi connectivity index (χ2n) is 8.65. The number of ether oxygens (including phenoxy) is 1. The number of unbranched alkanes of at least 4 members (excludes halogenated alkanes) is 2. The van der Waals surface area contributed by atoms with Crippen molar-refractivity contribution in [1.82, 2.24) is 0 Å². The molecule has 2 aromatic rings. The van der Waals surface area contributed by atoms with Crippen LogP contribution in [0.15, 0.2) is 60.7 Å². The van der Waals surface area contributed by atoms with Gasteiger partial charge in [0.2, 0.25) is 0 Å². The van der Waals surface area contributed by atoms with E-state index >= 15 is 0 Å². The lowest BCUT2D eigenvalue weighted by Crippen LogP contribution is -2.65. The third-order valence-electron chi connectivity index (χ3n) is 5.90. The van der Waals surface area contributed by atoms with Gasteiger partial charge in [-0.1, -0.05) is 101 Å². The van der Waals surface area contributed by atoms with Gasteiger partial charge < -0.3 is 14.6 Å². The maximum Gasteiger partial charge on any atom is 0.258 e. The van der Waals surface area contributed by atoms with Gasteiger partial charge in [-0.2, -0.15) is 0 Å². The SMILES string of the molecule is CCCCOC[C@@H](O)CCCCC(C)(C)[Si](O)(c1ccccc1)c1ccccc1. The first-order chi connectivity index (χ1) is 13.9. The number of aliphatic hydroxyl groups is 1. The third-order valence-corrected chi connectivity index (χ3v) is 10.5. The largest absolute Gasteiger partial charge is 0.424 e. The smallest absolute Gasteiger partial charge is 0.258 e. The summed E-state index contributed by atoms with van der Waals surface area (Å²) in [7, 11) is -2.92. The molecule has 2 aromatic carbocycles. The Labute approximate surface area is 177 Å². The van der Waals surface area contributed by atoms with E-state index in [4.69, 9.17) is 4.74 Å². The number of hydrogen-bond donors (Lipinski definition) is 2. The van der Waals surface area contributed by atoms with Crippen molar-refractivity contribution in [3.05, 3.63) is 60.7 Å². The summed E-state index contributed by atoms with van der Waals surface area (Å²) < 4.78 is 5.52. The molecule has 0 bridgehead atoms. The number of rotatable bonds is 13. The Morgan fingerprint density at radius 1 is 0.897 bits per heavy atom. The Bertz CT molecular complexity index is 648. The van der Waals surface area contributed by atoms with E-state index in [2.05, 4.69) is 45.0 Å². The lowest BCUT2D eigenvalue weighted by molar-refractivity contribution is 0.0301. The van der Waals surface area contributed by atoms with E-state index in [1.807, 2.05) is 36.4 Å². The molecule has 0 aliphatic rings. The molecule has 4 heteroatoms. The average Bonchev–Trinajstić information content (AvgIpc) is 2.75. The number of benzene rings is 2. The number of aliphatic hydroxyl groups excluding tert-OH is 1. The van der Waals surface area contributed by atoms with Crippen molar-refractivity contribution in [2.45, 2.75) is 70.4 Å². The van der Waals surface area contributed by atoms with Gasteiger partial charge in [0.25, 0.3) is 8.32 Å². The summed E-state index contributed by atoms with van der Waals surface area (Å²) in [4.78, 5) is 12.1. The molecule has 3 nitrogen and oxygen atoms in total. The molecule has 0 amide bonds. The fraction of sp³-hybridized carbons (Fsp3) is 0.520. The van der Waals surface area contributed by atoms with E-state index in [9.17, 15) is 9.90 Å². The van der Waals surface area contributed by atoms with Crippen molar-refractivity contribution in [2.75, 3.05) is 13.2 Å². The lowest BCUT2D eigenvalue weighted by atomic mass is 10.0. The minimum atomic E-state index is -2.92. The molecule has 0 aliphatic carbocycles. The standard InChI is InChI=1S/C25H38O3Si/c1-4-5-20-28-21-22(26)14-12-13-19-25(2,3)29(27,23-15-8-6-9-16-23)24-17-10-7-11-18-24/h6-11,15-18,22,26-27H,4-5,12-14,19-21H2,1-3H3/t22-/m0/s1. The van der Waals surface area contributed by atoms with Crippen LogP contribution in [0.25, 0.3) is 0 Å². The number of hydrogen-bond acceptors (Lipinski definition) is 3. The van der Waals surface area contributed by atoms with E-state index in [1.54, 1.807) is 0 Å². The molecule has 2 N–H and O–H groups in total. The van der Waals surface area contributed by atoms with Crippen LogP contribution < -0.4 is 10.4 Å². The van der Waals surface area contributed by atoms with E-state index in [0.29, 0.717) is 6.61 Å². The van der Waals surface area contributed by atoms with Gasteiger partial charge in [-0.05, 0) is 34.7 Å². The monoisotopic (exact) mass is 414 g/mol. The topological polar surface area (TPSA) is 49.7 Å². The average molecular weight is 415 g/mol. The highest BCUT2D eigenvalue weighted by Gasteiger charge is 2.49. The van der Waals surface area contributed by atoms with Crippen molar-refractivity contribution in [3.63, 3.8) is 0 Å². The zero-order chi connectivity index (χ0) is 21.2. The van der Waals surface area contributed by atoms with Crippen molar-refractivity contribution in [2.24, 2.45) is 0 Å². The highest BCUT2D eigenvalue weighted by molar-refractivity contribution is 6.98. The van der Waals surface area contributed by atoms with E-state index in [1.165, 1.54) is 0 Å². The molecule has 29 heavy (non-hydrogen) atoms. The maximum atomic E-state index is 12.1. The Morgan fingerprint density at radius 2 is 1.45 bits per heavy atom. The molecule has 0 aliphatic heterocycles. The van der Waals surface area contributed by atoms with Gasteiger partial charge in [0.05, 0.1) is 12.7 Å². The first-order valence-corrected chi connectivity index (χ1v) is 13.0. The van der Waals surface area contributed by atoms with Gasteiger partial charge >= 0.3 is 0 Å². The van der Waals surface area contributed by atoms with Gasteiger partial charge in [-0.3, -0.25) is 0 Å². The second-order valence-corrected chi connectivity index (χ2v) is 12.6. The minimum absolute atomic E-state index is 0.224. The van der Waals surface area contributed by atoms with Crippen LogP contribution in [0, 0.1) is 0 Å². The molecule has 0 fully saturated rings. The molecule has 160 valence electrons. The predicted molar refractivity (Wildman–Crippen MR) is 124 cm³/mol. The van der Waals surface area contributed by atoms with Crippen LogP contribution in [-0.4, -0.2) is 37.5 Å². The molecule has 1 atom stereocenters. The molecule has 0 heterocycles. The van der Waals surface area contributed by atoms with Crippen molar-refractivity contribution in [3.8, 4) is 0 Å². The Kier molecular flexibility index (Phi) is 9.57. The zero-order valence-electron chi connectivity index (χ0n) is 18.3. The van der Waals surface area contributed by atoms with Crippen LogP contribution in [-0.2, 0) is 4.74 Å². The second kappa shape index (κ2) is 11.7. The minimum Gasteiger partial charge on any atom is -0.424 e. The van der Waals surface area contributed by atoms with Crippen LogP contribution >= 0.6 is 0 Å². The summed E-state index contributed by atoms with van der Waals surface area (Å²) in [5.41, 5.74) is 0. The van der Waals surface area contributed by atoms with Crippen molar-refractivity contribution in [1.29, 1.82) is 0 Å². The summed E-state index contributed by atoms with van der Waals surface area (Å²) >= 11 is 0. The Hall–Kier alpha value is -1.46. The zero-order valence-corrected chi connectivity index (χ0v) is 19.3. The van der Waals surface area contributed by atoms with Crippen molar-refractivity contribution < 1.29 is 14.6 Å². The summed E-state index contributed by atoms with van der Waals surface area (Å²) in [6, 6.07) is 20.3. The lowest BCUT2D eigenvalue weighted by Gasteiger charge is -2.41. The van der Waals surface area contributed by atoms with E-state index < -0.39 is 14.4 Å². The van der Waals surface area contributed by atoms with Gasteiger partial charge in [0.15, 0.2) is 0 Å². The normalized spacial score (nSPS) is 13.4. The quantitative estimate of drug-likeness (QED) is 0.380. The van der Waals surface area contributed by atoms with E-state index in [-0.39, 0.29) is 5.04 Å². The molecule has 2 rings (SSSR count). The summed E-state index contributed by atoms with van der Waals surface area (Å²) in [5.74, 6) is 0. The predicted octanol–water partition coefficient (Wildman–Crippen LogP) is 4.26. The van der Waals surface area contributed by atoms with Crippen LogP contribution in [0.5, 0.6) is 0 Å². The van der Waals surface area contributed by atoms with E-state index in [0.717, 1.165) is 55.5 Å². The van der Waals surface area contributed by atoms with Gasteiger partial charge in [-0.25, -0.2) is 0 Å².